The van der Waals surface area contributed by atoms with Crippen molar-refractivity contribution in [2.24, 2.45) is 0 Å². The Morgan fingerprint density at radius 2 is 1.91 bits per heavy atom. The smallest absolute Gasteiger partial charge is 0.229 e. The zero-order chi connectivity index (χ0) is 24.0. The molecular formula is C28H31N5O2. The lowest BCUT2D eigenvalue weighted by Crippen LogP contribution is -2.36. The van der Waals surface area contributed by atoms with Crippen molar-refractivity contribution >= 4 is 35.0 Å². The van der Waals surface area contributed by atoms with Gasteiger partial charge in [0.25, 0.3) is 0 Å². The van der Waals surface area contributed by atoms with Gasteiger partial charge >= 0.3 is 0 Å². The topological polar surface area (TPSA) is 79.4 Å². The van der Waals surface area contributed by atoms with Crippen LogP contribution in [0.25, 0.3) is 6.08 Å². The molecule has 0 saturated carbocycles. The number of rotatable bonds is 9. The van der Waals surface area contributed by atoms with Crippen LogP contribution in [0.2, 0.25) is 0 Å². The maximum absolute atomic E-state index is 12.7. The molecule has 0 spiro atoms. The van der Waals surface area contributed by atoms with Crippen LogP contribution in [-0.4, -0.2) is 53.5 Å². The molecule has 2 aromatic carbocycles. The number of ketones is 1. The number of fused-ring (bicyclic) bond motifs is 1. The lowest BCUT2D eigenvalue weighted by molar-refractivity contribution is 0.0371. The number of anilines is 4. The Kier molecular flexibility index (Phi) is 7.16. The van der Waals surface area contributed by atoms with Gasteiger partial charge in [-0.2, -0.15) is 4.98 Å². The highest BCUT2D eigenvalue weighted by molar-refractivity contribution is 5.97. The van der Waals surface area contributed by atoms with Gasteiger partial charge in [0, 0.05) is 42.6 Å². The Labute approximate surface area is 206 Å². The number of hydrogen-bond acceptors (Lipinski definition) is 7. The molecule has 7 heteroatoms. The van der Waals surface area contributed by atoms with E-state index in [1.165, 1.54) is 16.7 Å². The summed E-state index contributed by atoms with van der Waals surface area (Å²) in [6.07, 6.45) is 6.35. The van der Waals surface area contributed by atoms with Crippen molar-refractivity contribution < 1.29 is 9.53 Å². The molecule has 1 fully saturated rings. The van der Waals surface area contributed by atoms with Crippen molar-refractivity contribution in [2.45, 2.75) is 26.2 Å². The van der Waals surface area contributed by atoms with Gasteiger partial charge in [-0.25, -0.2) is 4.98 Å². The second kappa shape index (κ2) is 10.8. The molecule has 2 N–H and O–H groups in total. The van der Waals surface area contributed by atoms with Gasteiger partial charge in [-0.1, -0.05) is 29.8 Å². The molecule has 1 aliphatic heterocycles. The van der Waals surface area contributed by atoms with Gasteiger partial charge < -0.3 is 15.4 Å². The third-order valence-corrected chi connectivity index (χ3v) is 6.37. The number of Topliss-reactive ketones (excluding diaryl/α,β-unsaturated/α-hetero) is 1. The van der Waals surface area contributed by atoms with Crippen molar-refractivity contribution in [1.82, 2.24) is 14.9 Å². The molecule has 5 rings (SSSR count). The number of nitrogens with one attached hydrogen (secondary N) is 2. The van der Waals surface area contributed by atoms with E-state index in [9.17, 15) is 4.79 Å². The van der Waals surface area contributed by atoms with Crippen LogP contribution in [0.4, 0.5) is 23.1 Å². The first-order valence-corrected chi connectivity index (χ1v) is 12.2. The highest BCUT2D eigenvalue weighted by Gasteiger charge is 2.13. The minimum absolute atomic E-state index is 0.152. The SMILES string of the molecule is CC1=Cc2cc(Nc3ccnc(Nc4cccc(C(=O)CCCN5CCOCC5)c4)n3)ccc2C1. The number of carbonyl (C=O) groups is 1. The number of aromatic nitrogens is 2. The maximum Gasteiger partial charge on any atom is 0.229 e. The Hall–Kier alpha value is -3.55. The lowest BCUT2D eigenvalue weighted by Gasteiger charge is -2.26. The molecule has 0 unspecified atom stereocenters. The van der Waals surface area contributed by atoms with Crippen molar-refractivity contribution in [2.75, 3.05) is 43.5 Å². The Morgan fingerprint density at radius 1 is 1.06 bits per heavy atom. The molecule has 3 aromatic rings. The van der Waals surface area contributed by atoms with Crippen LogP contribution in [-0.2, 0) is 11.2 Å². The molecule has 2 heterocycles. The fourth-order valence-corrected chi connectivity index (χ4v) is 4.55. The summed E-state index contributed by atoms with van der Waals surface area (Å²) < 4.78 is 5.38. The zero-order valence-electron chi connectivity index (χ0n) is 20.1. The highest BCUT2D eigenvalue weighted by atomic mass is 16.5. The minimum atomic E-state index is 0.152. The maximum atomic E-state index is 12.7. The summed E-state index contributed by atoms with van der Waals surface area (Å²) in [7, 11) is 0. The normalized spacial score (nSPS) is 15.4. The summed E-state index contributed by atoms with van der Waals surface area (Å²) in [6.45, 7) is 6.55. The summed E-state index contributed by atoms with van der Waals surface area (Å²) >= 11 is 0. The molecule has 1 saturated heterocycles. The van der Waals surface area contributed by atoms with E-state index in [1.807, 2.05) is 30.3 Å². The van der Waals surface area contributed by atoms with Crippen molar-refractivity contribution in [3.8, 4) is 0 Å². The van der Waals surface area contributed by atoms with E-state index >= 15 is 0 Å². The van der Waals surface area contributed by atoms with E-state index in [0.717, 1.165) is 57.1 Å². The van der Waals surface area contributed by atoms with Crippen molar-refractivity contribution in [3.63, 3.8) is 0 Å². The largest absolute Gasteiger partial charge is 0.379 e. The number of hydrogen-bond donors (Lipinski definition) is 2. The summed E-state index contributed by atoms with van der Waals surface area (Å²) in [5.41, 5.74) is 6.47. The fourth-order valence-electron chi connectivity index (χ4n) is 4.55. The average molecular weight is 470 g/mol. The molecular weight excluding hydrogens is 438 g/mol. The predicted octanol–water partition coefficient (Wildman–Crippen LogP) is 5.22. The third kappa shape index (κ3) is 6.12. The molecule has 0 amide bonds. The number of ether oxygens (including phenoxy) is 1. The van der Waals surface area contributed by atoms with Gasteiger partial charge in [0.2, 0.25) is 5.95 Å². The van der Waals surface area contributed by atoms with Crippen LogP contribution in [0.5, 0.6) is 0 Å². The molecule has 0 atom stereocenters. The molecule has 7 nitrogen and oxygen atoms in total. The van der Waals surface area contributed by atoms with Crippen LogP contribution in [0.3, 0.4) is 0 Å². The Morgan fingerprint density at radius 3 is 2.80 bits per heavy atom. The predicted molar refractivity (Wildman–Crippen MR) is 140 cm³/mol. The third-order valence-electron chi connectivity index (χ3n) is 6.37. The second-order valence-electron chi connectivity index (χ2n) is 9.16. The Bertz CT molecular complexity index is 1230. The van der Waals surface area contributed by atoms with Crippen LogP contribution in [0.1, 0.15) is 41.3 Å². The van der Waals surface area contributed by atoms with E-state index in [2.05, 4.69) is 56.7 Å². The summed E-state index contributed by atoms with van der Waals surface area (Å²) in [5, 5.41) is 6.60. The quantitative estimate of drug-likeness (QED) is 0.416. The number of allylic oxidation sites excluding steroid dienone is 1. The van der Waals surface area contributed by atoms with E-state index in [0.29, 0.717) is 23.8 Å². The Balaban J connectivity index is 1.19. The number of benzene rings is 2. The van der Waals surface area contributed by atoms with Gasteiger partial charge in [-0.15, -0.1) is 0 Å². The second-order valence-corrected chi connectivity index (χ2v) is 9.16. The number of morpholine rings is 1. The molecule has 0 radical (unpaired) electrons. The van der Waals surface area contributed by atoms with Crippen LogP contribution in [0.15, 0.2) is 60.3 Å². The first kappa shape index (κ1) is 23.2. The van der Waals surface area contributed by atoms with Gasteiger partial charge in [-0.05, 0) is 67.8 Å². The zero-order valence-corrected chi connectivity index (χ0v) is 20.1. The van der Waals surface area contributed by atoms with E-state index in [-0.39, 0.29) is 5.78 Å². The average Bonchev–Trinajstić information content (AvgIpc) is 3.24. The lowest BCUT2D eigenvalue weighted by atomic mass is 10.1. The van der Waals surface area contributed by atoms with Crippen molar-refractivity contribution in [3.05, 3.63) is 77.0 Å². The summed E-state index contributed by atoms with van der Waals surface area (Å²) in [5.74, 6) is 1.33. The monoisotopic (exact) mass is 469 g/mol. The molecule has 1 aromatic heterocycles. The molecule has 0 bridgehead atoms. The summed E-state index contributed by atoms with van der Waals surface area (Å²) in [6, 6.07) is 15.8. The molecule has 2 aliphatic rings. The number of carbonyl (C=O) groups excluding carboxylic acids is 1. The highest BCUT2D eigenvalue weighted by Crippen LogP contribution is 2.28. The van der Waals surface area contributed by atoms with Crippen molar-refractivity contribution in [1.29, 1.82) is 0 Å². The van der Waals surface area contributed by atoms with Crippen LogP contribution < -0.4 is 10.6 Å². The van der Waals surface area contributed by atoms with Gasteiger partial charge in [0.1, 0.15) is 5.82 Å². The molecule has 180 valence electrons. The van der Waals surface area contributed by atoms with E-state index in [1.54, 1.807) is 6.20 Å². The van der Waals surface area contributed by atoms with Gasteiger partial charge in [0.15, 0.2) is 5.78 Å². The van der Waals surface area contributed by atoms with Crippen LogP contribution in [0, 0.1) is 0 Å². The first-order chi connectivity index (χ1) is 17.1. The van der Waals surface area contributed by atoms with Gasteiger partial charge in [-0.3, -0.25) is 9.69 Å². The summed E-state index contributed by atoms with van der Waals surface area (Å²) in [4.78, 5) is 24.0. The number of nitrogens with zero attached hydrogens (tertiary/aromatic N) is 3. The van der Waals surface area contributed by atoms with Gasteiger partial charge in [0.05, 0.1) is 13.2 Å². The van der Waals surface area contributed by atoms with Crippen LogP contribution >= 0.6 is 0 Å². The van der Waals surface area contributed by atoms with E-state index in [4.69, 9.17) is 4.74 Å². The molecule has 35 heavy (non-hydrogen) atoms. The standard InChI is InChI=1S/C28H31N5O2/c1-20-16-21-7-8-25(19-23(21)17-20)30-27-9-10-29-28(32-27)31-24-5-2-4-22(18-24)26(34)6-3-11-33-12-14-35-15-13-33/h2,4-5,7-10,17-19H,3,6,11-16H2,1H3,(H2,29,30,31,32). The molecule has 1 aliphatic carbocycles. The van der Waals surface area contributed by atoms with E-state index < -0.39 is 0 Å². The first-order valence-electron chi connectivity index (χ1n) is 12.2. The minimum Gasteiger partial charge on any atom is -0.379 e. The fraction of sp³-hybridized carbons (Fsp3) is 0.321.